The second-order valence-electron chi connectivity index (χ2n) is 8.96. The number of carbonyl (C=O) groups excluding carboxylic acids is 1. The van der Waals surface area contributed by atoms with Crippen LogP contribution in [0.3, 0.4) is 0 Å². The molecule has 6 nitrogen and oxygen atoms in total. The zero-order valence-corrected chi connectivity index (χ0v) is 19.2. The Balaban J connectivity index is 1.78. The van der Waals surface area contributed by atoms with Crippen LogP contribution in [0.25, 0.3) is 0 Å². The van der Waals surface area contributed by atoms with Crippen molar-refractivity contribution in [2.45, 2.75) is 63.6 Å². The number of alkyl carbamates (subject to hydrolysis) is 1. The number of para-hydroxylation sites is 1. The molecular formula is C24H31ClN2O4. The molecule has 1 saturated carbocycles. The summed E-state index contributed by atoms with van der Waals surface area (Å²) in [5.41, 5.74) is 0.504. The van der Waals surface area contributed by atoms with Crippen LogP contribution in [0.2, 0.25) is 5.02 Å². The number of nitrogens with zero attached hydrogens (tertiary/aromatic N) is 1. The van der Waals surface area contributed by atoms with Crippen molar-refractivity contribution >= 4 is 17.7 Å². The summed E-state index contributed by atoms with van der Waals surface area (Å²) in [5.74, 6) is 0.510. The van der Waals surface area contributed by atoms with Gasteiger partial charge in [0.15, 0.2) is 0 Å². The van der Waals surface area contributed by atoms with Gasteiger partial charge in [-0.3, -0.25) is 4.90 Å². The molecule has 7 heteroatoms. The zero-order chi connectivity index (χ0) is 22.6. The Hall–Kier alpha value is -2.28. The summed E-state index contributed by atoms with van der Waals surface area (Å²) >= 11 is 6.24. The largest absolute Gasteiger partial charge is 0.486 e. The van der Waals surface area contributed by atoms with Crippen LogP contribution in [0.5, 0.6) is 5.75 Å². The summed E-state index contributed by atoms with van der Waals surface area (Å²) in [6.45, 7) is 6.07. The van der Waals surface area contributed by atoms with Crippen LogP contribution < -0.4 is 10.1 Å². The molecule has 4 atom stereocenters. The molecule has 1 aliphatic carbocycles. The Bertz CT molecular complexity index is 871. The highest BCUT2D eigenvalue weighted by molar-refractivity contribution is 6.32. The summed E-state index contributed by atoms with van der Waals surface area (Å²) < 4.78 is 11.5. The van der Waals surface area contributed by atoms with Crippen molar-refractivity contribution < 1.29 is 19.4 Å². The number of amides is 1. The van der Waals surface area contributed by atoms with Gasteiger partial charge in [0.25, 0.3) is 0 Å². The lowest BCUT2D eigenvalue weighted by atomic mass is 10.1. The molecule has 0 saturated heterocycles. The van der Waals surface area contributed by atoms with E-state index in [1.165, 1.54) is 0 Å². The SMILES string of the molecule is CN(Cc1ccccc1)[C@@H]1[C@@H](O)[C@H](Oc2ccccc2Cl)C[C@H]1NC(=O)OC(C)(C)C. The number of aliphatic hydroxyl groups is 1. The third kappa shape index (κ3) is 6.35. The molecule has 3 rings (SSSR count). The number of carbonyl (C=O) groups is 1. The minimum atomic E-state index is -0.829. The summed E-state index contributed by atoms with van der Waals surface area (Å²) in [7, 11) is 1.93. The summed E-state index contributed by atoms with van der Waals surface area (Å²) in [6.07, 6.45) is -1.44. The van der Waals surface area contributed by atoms with Crippen LogP contribution in [0, 0.1) is 0 Å². The van der Waals surface area contributed by atoms with Crippen LogP contribution in [0.1, 0.15) is 32.8 Å². The molecule has 31 heavy (non-hydrogen) atoms. The highest BCUT2D eigenvalue weighted by atomic mass is 35.5. The van der Waals surface area contributed by atoms with Gasteiger partial charge >= 0.3 is 6.09 Å². The minimum absolute atomic E-state index is 0.356. The average Bonchev–Trinajstić information content (AvgIpc) is 2.97. The third-order valence-electron chi connectivity index (χ3n) is 5.23. The number of hydrogen-bond acceptors (Lipinski definition) is 5. The van der Waals surface area contributed by atoms with Gasteiger partial charge in [-0.25, -0.2) is 4.79 Å². The van der Waals surface area contributed by atoms with Crippen LogP contribution in [0.4, 0.5) is 4.79 Å². The lowest BCUT2D eigenvalue weighted by Gasteiger charge is -2.32. The van der Waals surface area contributed by atoms with Crippen LogP contribution in [-0.2, 0) is 11.3 Å². The first kappa shape index (κ1) is 23.4. The number of rotatable bonds is 6. The Morgan fingerprint density at radius 1 is 1.16 bits per heavy atom. The van der Waals surface area contributed by atoms with E-state index in [1.54, 1.807) is 12.1 Å². The van der Waals surface area contributed by atoms with Crippen LogP contribution >= 0.6 is 11.6 Å². The van der Waals surface area contributed by atoms with Crippen molar-refractivity contribution in [2.24, 2.45) is 0 Å². The van der Waals surface area contributed by atoms with Crippen molar-refractivity contribution in [3.63, 3.8) is 0 Å². The number of benzene rings is 2. The van der Waals surface area contributed by atoms with Crippen LogP contribution in [0.15, 0.2) is 54.6 Å². The monoisotopic (exact) mass is 446 g/mol. The first-order valence-corrected chi connectivity index (χ1v) is 10.8. The second-order valence-corrected chi connectivity index (χ2v) is 9.36. The summed E-state index contributed by atoms with van der Waals surface area (Å²) in [5, 5.41) is 14.6. The molecule has 1 amide bonds. The predicted octanol–water partition coefficient (Wildman–Crippen LogP) is 4.25. The van der Waals surface area contributed by atoms with Crippen molar-refractivity contribution in [1.82, 2.24) is 10.2 Å². The van der Waals surface area contributed by atoms with Gasteiger partial charge in [0, 0.05) is 13.0 Å². The smallest absolute Gasteiger partial charge is 0.407 e. The highest BCUT2D eigenvalue weighted by Crippen LogP contribution is 2.32. The molecule has 0 spiro atoms. The topological polar surface area (TPSA) is 71.0 Å². The van der Waals surface area contributed by atoms with E-state index in [0.717, 1.165) is 5.56 Å². The lowest BCUT2D eigenvalue weighted by Crippen LogP contribution is -2.52. The normalized spacial score (nSPS) is 23.6. The number of nitrogens with one attached hydrogen (secondary N) is 1. The number of aliphatic hydroxyl groups excluding tert-OH is 1. The van der Waals surface area contributed by atoms with E-state index in [4.69, 9.17) is 21.1 Å². The van der Waals surface area contributed by atoms with Crippen LogP contribution in [-0.4, -0.2) is 53.0 Å². The highest BCUT2D eigenvalue weighted by Gasteiger charge is 2.47. The number of halogens is 1. The quantitative estimate of drug-likeness (QED) is 0.694. The molecule has 2 N–H and O–H groups in total. The van der Waals surface area contributed by atoms with E-state index >= 15 is 0 Å². The van der Waals surface area contributed by atoms with Gasteiger partial charge in [-0.1, -0.05) is 54.1 Å². The van der Waals surface area contributed by atoms with Gasteiger partial charge in [-0.15, -0.1) is 0 Å². The minimum Gasteiger partial charge on any atom is -0.486 e. The molecule has 0 unspecified atom stereocenters. The first-order chi connectivity index (χ1) is 14.6. The van der Waals surface area contributed by atoms with Gasteiger partial charge in [0.1, 0.15) is 23.6 Å². The van der Waals surface area contributed by atoms with E-state index in [9.17, 15) is 9.90 Å². The third-order valence-corrected chi connectivity index (χ3v) is 5.54. The molecular weight excluding hydrogens is 416 g/mol. The Morgan fingerprint density at radius 3 is 2.45 bits per heavy atom. The van der Waals surface area contributed by atoms with E-state index < -0.39 is 23.9 Å². The fourth-order valence-electron chi connectivity index (χ4n) is 3.96. The molecule has 1 aliphatic rings. The fourth-order valence-corrected chi connectivity index (χ4v) is 4.14. The maximum atomic E-state index is 12.5. The van der Waals surface area contributed by atoms with Gasteiger partial charge in [0.05, 0.1) is 17.1 Å². The fraction of sp³-hybridized carbons (Fsp3) is 0.458. The molecule has 0 radical (unpaired) electrons. The lowest BCUT2D eigenvalue weighted by molar-refractivity contribution is 0.0109. The molecule has 1 fully saturated rings. The van der Waals surface area contributed by atoms with E-state index in [-0.39, 0.29) is 12.1 Å². The second kappa shape index (κ2) is 9.90. The molecule has 168 valence electrons. The van der Waals surface area contributed by atoms with E-state index in [0.29, 0.717) is 23.7 Å². The maximum absolute atomic E-state index is 12.5. The zero-order valence-electron chi connectivity index (χ0n) is 18.4. The van der Waals surface area contributed by atoms with Gasteiger partial charge in [-0.2, -0.15) is 0 Å². The molecule has 2 aromatic carbocycles. The molecule has 0 bridgehead atoms. The Morgan fingerprint density at radius 2 is 1.81 bits per heavy atom. The Labute approximate surface area is 189 Å². The van der Waals surface area contributed by atoms with Crippen molar-refractivity contribution in [2.75, 3.05) is 7.05 Å². The van der Waals surface area contributed by atoms with Gasteiger partial charge < -0.3 is 19.9 Å². The van der Waals surface area contributed by atoms with E-state index in [1.807, 2.05) is 75.2 Å². The Kier molecular flexibility index (Phi) is 7.46. The number of ether oxygens (including phenoxy) is 2. The molecule has 0 heterocycles. The number of likely N-dealkylation sites (N-methyl/N-ethyl adjacent to an activating group) is 1. The van der Waals surface area contributed by atoms with Crippen molar-refractivity contribution in [1.29, 1.82) is 0 Å². The maximum Gasteiger partial charge on any atom is 0.407 e. The summed E-state index contributed by atoms with van der Waals surface area (Å²) in [6, 6.07) is 16.4. The molecule has 0 aliphatic heterocycles. The van der Waals surface area contributed by atoms with Crippen molar-refractivity contribution in [3.8, 4) is 5.75 Å². The molecule has 2 aromatic rings. The first-order valence-electron chi connectivity index (χ1n) is 10.5. The van der Waals surface area contributed by atoms with Gasteiger partial charge in [0.2, 0.25) is 0 Å². The average molecular weight is 447 g/mol. The van der Waals surface area contributed by atoms with E-state index in [2.05, 4.69) is 5.32 Å². The number of hydrogen-bond donors (Lipinski definition) is 2. The standard InChI is InChI=1S/C24H31ClN2O4/c1-24(2,3)31-23(29)26-18-14-20(30-19-13-9-8-12-17(19)25)22(28)21(18)27(4)15-16-10-6-5-7-11-16/h5-13,18,20-22,28H,14-15H2,1-4H3,(H,26,29)/t18-,20-,21+,22+/m1/s1. The van der Waals surface area contributed by atoms with Crippen molar-refractivity contribution in [3.05, 3.63) is 65.2 Å². The van der Waals surface area contributed by atoms with Gasteiger partial charge in [-0.05, 0) is 45.5 Å². The summed E-state index contributed by atoms with van der Waals surface area (Å²) in [4.78, 5) is 14.5. The predicted molar refractivity (Wildman–Crippen MR) is 121 cm³/mol. The molecule has 0 aromatic heterocycles.